The summed E-state index contributed by atoms with van der Waals surface area (Å²) < 4.78 is 5.21. The van der Waals surface area contributed by atoms with Gasteiger partial charge in [0, 0.05) is 6.42 Å². The summed E-state index contributed by atoms with van der Waals surface area (Å²) in [6.07, 6.45) is 21.5. The predicted molar refractivity (Wildman–Crippen MR) is 153 cm³/mol. The summed E-state index contributed by atoms with van der Waals surface area (Å²) in [6.45, 7) is 3.02. The Hall–Kier alpha value is -1.38. The van der Waals surface area contributed by atoms with Crippen LogP contribution in [0.3, 0.4) is 0 Å². The fraction of sp³-hybridized carbons (Fsp3) is 0.893. The topological polar surface area (TPSA) is 145 Å². The zero-order chi connectivity index (χ0) is 26.9. The number of nitrogens with two attached hydrogens (primary N) is 2. The molecule has 0 rings (SSSR count). The zero-order valence-electron chi connectivity index (χ0n) is 23.4. The van der Waals surface area contributed by atoms with Crippen LogP contribution < -0.4 is 16.8 Å². The molecule has 0 aromatic carbocycles. The van der Waals surface area contributed by atoms with E-state index >= 15 is 0 Å². The summed E-state index contributed by atoms with van der Waals surface area (Å²) in [6, 6.07) is -1.97. The summed E-state index contributed by atoms with van der Waals surface area (Å²) >= 11 is 0. The van der Waals surface area contributed by atoms with Crippen molar-refractivity contribution >= 4 is 30.3 Å². The average molecular weight is 550 g/mol. The number of amides is 1. The van der Waals surface area contributed by atoms with E-state index in [2.05, 4.69) is 12.2 Å². The number of nitrogens with one attached hydrogen (secondary N) is 1. The van der Waals surface area contributed by atoms with Crippen LogP contribution in [-0.4, -0.2) is 48.2 Å². The number of hydrogen-bond acceptors (Lipinski definition) is 6. The van der Waals surface area contributed by atoms with E-state index in [0.29, 0.717) is 26.0 Å². The maximum Gasteiger partial charge on any atom is 0.326 e. The molecule has 0 aliphatic rings. The summed E-state index contributed by atoms with van der Waals surface area (Å²) in [7, 11) is 0. The predicted octanol–water partition coefficient (Wildman–Crippen LogP) is 5.63. The van der Waals surface area contributed by atoms with Crippen molar-refractivity contribution in [2.75, 3.05) is 13.2 Å². The van der Waals surface area contributed by atoms with Crippen LogP contribution in [0.25, 0.3) is 0 Å². The molecule has 0 bridgehead atoms. The molecule has 0 aromatic heterocycles. The van der Waals surface area contributed by atoms with Crippen molar-refractivity contribution in [1.29, 1.82) is 0 Å². The third-order valence-electron chi connectivity index (χ3n) is 6.57. The van der Waals surface area contributed by atoms with Crippen molar-refractivity contribution < 1.29 is 24.2 Å². The Kier molecular flexibility index (Phi) is 28.2. The molecule has 0 fully saturated rings. The van der Waals surface area contributed by atoms with Crippen LogP contribution in [0, 0.1) is 0 Å². The van der Waals surface area contributed by atoms with Gasteiger partial charge in [-0.15, -0.1) is 12.4 Å². The number of rotatable bonds is 26. The van der Waals surface area contributed by atoms with E-state index in [1.165, 1.54) is 83.5 Å². The number of aliphatic carboxylic acids is 1. The van der Waals surface area contributed by atoms with Gasteiger partial charge in [-0.1, -0.05) is 103 Å². The molecule has 0 saturated heterocycles. The number of unbranched alkanes of at least 4 members (excludes halogenated alkanes) is 15. The van der Waals surface area contributed by atoms with Crippen LogP contribution in [0.1, 0.15) is 135 Å². The van der Waals surface area contributed by atoms with Crippen molar-refractivity contribution in [2.45, 2.75) is 147 Å². The van der Waals surface area contributed by atoms with E-state index in [4.69, 9.17) is 16.2 Å². The minimum atomic E-state index is -1.19. The number of ether oxygens (including phenoxy) is 1. The lowest BCUT2D eigenvalue weighted by molar-refractivity contribution is -0.145. The Balaban J connectivity index is 0. The van der Waals surface area contributed by atoms with Gasteiger partial charge < -0.3 is 26.6 Å². The molecule has 0 aromatic rings. The number of carboxylic acid groups (broad SMARTS) is 1. The van der Waals surface area contributed by atoms with E-state index in [-0.39, 0.29) is 25.2 Å². The van der Waals surface area contributed by atoms with E-state index < -0.39 is 29.9 Å². The van der Waals surface area contributed by atoms with Gasteiger partial charge >= 0.3 is 11.9 Å². The molecule has 0 aliphatic heterocycles. The highest BCUT2D eigenvalue weighted by molar-refractivity contribution is 5.87. The van der Waals surface area contributed by atoms with E-state index in [9.17, 15) is 19.5 Å². The van der Waals surface area contributed by atoms with Gasteiger partial charge in [0.2, 0.25) is 5.91 Å². The molecule has 8 nitrogen and oxygen atoms in total. The minimum absolute atomic E-state index is 0. The second-order valence-electron chi connectivity index (χ2n) is 10.00. The Morgan fingerprint density at radius 2 is 1.22 bits per heavy atom. The van der Waals surface area contributed by atoms with Crippen LogP contribution in [0.2, 0.25) is 0 Å². The highest BCUT2D eigenvalue weighted by Crippen LogP contribution is 2.14. The lowest BCUT2D eigenvalue weighted by Gasteiger charge is -2.17. The summed E-state index contributed by atoms with van der Waals surface area (Å²) in [5, 5.41) is 11.7. The molecular formula is C28H56ClN3O5. The van der Waals surface area contributed by atoms with Crippen LogP contribution in [0.4, 0.5) is 0 Å². The maximum absolute atomic E-state index is 12.0. The smallest absolute Gasteiger partial charge is 0.326 e. The van der Waals surface area contributed by atoms with Gasteiger partial charge in [-0.05, 0) is 32.2 Å². The third-order valence-corrected chi connectivity index (χ3v) is 6.57. The van der Waals surface area contributed by atoms with E-state index in [1.54, 1.807) is 0 Å². The Morgan fingerprint density at radius 1 is 0.757 bits per heavy atom. The summed E-state index contributed by atoms with van der Waals surface area (Å²) in [5.74, 6) is -2.18. The number of carbonyl (C=O) groups excluding carboxylic acids is 2. The zero-order valence-corrected chi connectivity index (χ0v) is 24.2. The monoisotopic (exact) mass is 549 g/mol. The number of hydrogen-bond donors (Lipinski definition) is 4. The molecular weight excluding hydrogens is 494 g/mol. The van der Waals surface area contributed by atoms with Crippen molar-refractivity contribution in [3.05, 3.63) is 0 Å². The van der Waals surface area contributed by atoms with Gasteiger partial charge in [-0.2, -0.15) is 0 Å². The quantitative estimate of drug-likeness (QED) is 0.0807. The summed E-state index contributed by atoms with van der Waals surface area (Å²) in [5.41, 5.74) is 11.1. The Bertz CT molecular complexity index is 566. The van der Waals surface area contributed by atoms with Crippen LogP contribution in [0.15, 0.2) is 0 Å². The van der Waals surface area contributed by atoms with Crippen molar-refractivity contribution in [2.24, 2.45) is 11.5 Å². The first-order chi connectivity index (χ1) is 17.4. The van der Waals surface area contributed by atoms with Crippen molar-refractivity contribution in [1.82, 2.24) is 5.32 Å². The van der Waals surface area contributed by atoms with E-state index in [0.717, 1.165) is 19.3 Å². The molecule has 0 unspecified atom stereocenters. The van der Waals surface area contributed by atoms with Gasteiger partial charge in [0.1, 0.15) is 6.04 Å². The van der Waals surface area contributed by atoms with Gasteiger partial charge in [0.25, 0.3) is 0 Å². The van der Waals surface area contributed by atoms with Crippen molar-refractivity contribution in [3.8, 4) is 0 Å². The highest BCUT2D eigenvalue weighted by Gasteiger charge is 2.24. The maximum atomic E-state index is 12.0. The molecule has 0 aliphatic carbocycles. The van der Waals surface area contributed by atoms with Crippen LogP contribution in [-0.2, 0) is 19.1 Å². The second kappa shape index (κ2) is 27.6. The number of carbonyl (C=O) groups is 3. The number of carboxylic acids is 1. The van der Waals surface area contributed by atoms with E-state index in [1.807, 2.05) is 0 Å². The minimum Gasteiger partial charge on any atom is -0.480 e. The number of esters is 1. The molecule has 2 atom stereocenters. The summed E-state index contributed by atoms with van der Waals surface area (Å²) in [4.78, 5) is 35.3. The first kappa shape index (κ1) is 37.8. The first-order valence-corrected chi connectivity index (χ1v) is 14.6. The molecule has 0 heterocycles. The molecule has 37 heavy (non-hydrogen) atoms. The second-order valence-corrected chi connectivity index (χ2v) is 10.00. The third kappa shape index (κ3) is 24.7. The molecule has 9 heteroatoms. The lowest BCUT2D eigenvalue weighted by Crippen LogP contribution is -2.48. The van der Waals surface area contributed by atoms with Crippen LogP contribution in [0.5, 0.6) is 0 Å². The molecule has 6 N–H and O–H groups in total. The van der Waals surface area contributed by atoms with Gasteiger partial charge in [-0.25, -0.2) is 4.79 Å². The fourth-order valence-electron chi connectivity index (χ4n) is 4.18. The SMILES string of the molecule is CCCCCCCCCCCCCCCCCCOC(=O)CC[C@H](NC(=O)[C@H](N)CCCN)C(=O)O.Cl. The fourth-order valence-corrected chi connectivity index (χ4v) is 4.18. The van der Waals surface area contributed by atoms with Gasteiger partial charge in [0.15, 0.2) is 0 Å². The molecule has 0 radical (unpaired) electrons. The molecule has 0 spiro atoms. The first-order valence-electron chi connectivity index (χ1n) is 14.6. The van der Waals surface area contributed by atoms with Crippen molar-refractivity contribution in [3.63, 3.8) is 0 Å². The molecule has 220 valence electrons. The van der Waals surface area contributed by atoms with Gasteiger partial charge in [-0.3, -0.25) is 9.59 Å². The largest absolute Gasteiger partial charge is 0.480 e. The average Bonchev–Trinajstić information content (AvgIpc) is 2.86. The molecule has 1 amide bonds. The Labute approximate surface area is 231 Å². The lowest BCUT2D eigenvalue weighted by atomic mass is 10.0. The van der Waals surface area contributed by atoms with Crippen LogP contribution >= 0.6 is 12.4 Å². The molecule has 0 saturated carbocycles. The normalized spacial score (nSPS) is 12.4. The van der Waals surface area contributed by atoms with Gasteiger partial charge in [0.05, 0.1) is 12.6 Å². The standard InChI is InChI=1S/C28H55N3O5.ClH/c1-2-3-4-5-6-7-8-9-10-11-12-13-14-15-16-17-23-36-26(32)21-20-25(28(34)35)31-27(33)24(30)19-18-22-29;/h24-25H,2-23,29-30H2,1H3,(H,31,33)(H,34,35);1H/t24-,25+;/m1./s1. The Morgan fingerprint density at radius 3 is 1.65 bits per heavy atom. The highest BCUT2D eigenvalue weighted by atomic mass is 35.5. The number of halogens is 1.